The predicted molar refractivity (Wildman–Crippen MR) is 111 cm³/mol. The van der Waals surface area contributed by atoms with Crippen molar-refractivity contribution < 1.29 is 14.3 Å². The number of hydrogen-bond donors (Lipinski definition) is 1. The molecule has 1 fully saturated rings. The Balaban J connectivity index is 1.99. The summed E-state index contributed by atoms with van der Waals surface area (Å²) in [6.07, 6.45) is 0.764. The van der Waals surface area contributed by atoms with E-state index in [2.05, 4.69) is 21.9 Å². The first-order chi connectivity index (χ1) is 13.8. The predicted octanol–water partition coefficient (Wildman–Crippen LogP) is 3.28. The third kappa shape index (κ3) is 4.93. The second-order valence-electron chi connectivity index (χ2n) is 6.63. The van der Waals surface area contributed by atoms with Crippen molar-refractivity contribution in [3.8, 4) is 11.3 Å². The molecular formula is C20H20Cl2N4O3. The van der Waals surface area contributed by atoms with E-state index in [4.69, 9.17) is 27.9 Å². The average Bonchev–Trinajstić information content (AvgIpc) is 2.71. The molecule has 2 atom stereocenters. The second-order valence-corrected chi connectivity index (χ2v) is 7.41. The summed E-state index contributed by atoms with van der Waals surface area (Å²) in [5.41, 5.74) is 2.05. The summed E-state index contributed by atoms with van der Waals surface area (Å²) in [6.45, 7) is 6.31. The molecule has 9 heteroatoms. The summed E-state index contributed by atoms with van der Waals surface area (Å²) in [6, 6.07) is 6.70. The van der Waals surface area contributed by atoms with Crippen LogP contribution >= 0.6 is 23.2 Å². The fraction of sp³-hybridized carbons (Fsp3) is 0.300. The van der Waals surface area contributed by atoms with Gasteiger partial charge in [-0.3, -0.25) is 9.59 Å². The number of morpholine rings is 1. The molecule has 3 heterocycles. The zero-order valence-corrected chi connectivity index (χ0v) is 17.5. The van der Waals surface area contributed by atoms with E-state index < -0.39 is 0 Å². The zero-order valence-electron chi connectivity index (χ0n) is 16.0. The Labute approximate surface area is 178 Å². The third-order valence-electron chi connectivity index (χ3n) is 4.48. The molecule has 3 rings (SSSR count). The quantitative estimate of drug-likeness (QED) is 0.589. The number of amides is 2. The minimum absolute atomic E-state index is 0.150. The van der Waals surface area contributed by atoms with E-state index in [-0.39, 0.29) is 40.0 Å². The highest BCUT2D eigenvalue weighted by molar-refractivity contribution is 6.30. The van der Waals surface area contributed by atoms with Crippen LogP contribution in [-0.4, -0.2) is 52.9 Å². The van der Waals surface area contributed by atoms with Crippen LogP contribution in [0.25, 0.3) is 11.3 Å². The fourth-order valence-corrected chi connectivity index (χ4v) is 3.61. The number of carbonyl (C=O) groups excluding carboxylic acids is 2. The molecule has 7 nitrogen and oxygen atoms in total. The SMILES string of the molecule is C=CC(=O)N1CC(c2cc(Cl)nc(-c3cc(Cl)nc(C(=O)NC)c3)c2)O[C@@H](C)C1. The number of hydrogen-bond acceptors (Lipinski definition) is 5. The molecule has 1 aliphatic rings. The number of rotatable bonds is 4. The molecular weight excluding hydrogens is 415 g/mol. The Morgan fingerprint density at radius 2 is 1.93 bits per heavy atom. The maximum Gasteiger partial charge on any atom is 0.269 e. The van der Waals surface area contributed by atoms with Gasteiger partial charge in [0.05, 0.1) is 18.3 Å². The monoisotopic (exact) mass is 434 g/mol. The minimum atomic E-state index is -0.377. The summed E-state index contributed by atoms with van der Waals surface area (Å²) in [5.74, 6) is -0.513. The Morgan fingerprint density at radius 1 is 1.21 bits per heavy atom. The summed E-state index contributed by atoms with van der Waals surface area (Å²) < 4.78 is 6.03. The van der Waals surface area contributed by atoms with E-state index in [9.17, 15) is 9.59 Å². The highest BCUT2D eigenvalue weighted by Crippen LogP contribution is 2.31. The van der Waals surface area contributed by atoms with Crippen molar-refractivity contribution in [1.29, 1.82) is 0 Å². The summed E-state index contributed by atoms with van der Waals surface area (Å²) in [7, 11) is 1.51. The van der Waals surface area contributed by atoms with E-state index in [0.29, 0.717) is 24.3 Å². The zero-order chi connectivity index (χ0) is 21.1. The molecule has 1 unspecified atom stereocenters. The number of ether oxygens (including phenoxy) is 1. The Kier molecular flexibility index (Phi) is 6.52. The molecule has 29 heavy (non-hydrogen) atoms. The molecule has 0 saturated carbocycles. The van der Waals surface area contributed by atoms with Crippen molar-refractivity contribution in [2.75, 3.05) is 20.1 Å². The molecule has 0 aliphatic carbocycles. The van der Waals surface area contributed by atoms with Gasteiger partial charge >= 0.3 is 0 Å². The molecule has 2 aromatic rings. The minimum Gasteiger partial charge on any atom is -0.367 e. The lowest BCUT2D eigenvalue weighted by molar-refractivity contribution is -0.139. The number of nitrogens with zero attached hydrogens (tertiary/aromatic N) is 3. The summed E-state index contributed by atoms with van der Waals surface area (Å²) >= 11 is 12.3. The molecule has 2 amide bonds. The largest absolute Gasteiger partial charge is 0.367 e. The molecule has 0 radical (unpaired) electrons. The topological polar surface area (TPSA) is 84.4 Å². The molecule has 0 aromatic carbocycles. The van der Waals surface area contributed by atoms with Gasteiger partial charge in [0, 0.05) is 19.2 Å². The van der Waals surface area contributed by atoms with Crippen molar-refractivity contribution >= 4 is 35.0 Å². The Hall–Kier alpha value is -2.48. The van der Waals surface area contributed by atoms with Gasteiger partial charge in [0.25, 0.3) is 5.91 Å². The van der Waals surface area contributed by atoms with Gasteiger partial charge < -0.3 is 15.0 Å². The maximum atomic E-state index is 12.1. The van der Waals surface area contributed by atoms with Crippen molar-refractivity contribution in [2.24, 2.45) is 0 Å². The van der Waals surface area contributed by atoms with Crippen molar-refractivity contribution in [3.05, 3.63) is 58.5 Å². The van der Waals surface area contributed by atoms with Crippen LogP contribution < -0.4 is 5.32 Å². The first kappa shape index (κ1) is 21.2. The molecule has 1 aliphatic heterocycles. The van der Waals surface area contributed by atoms with Crippen molar-refractivity contribution in [2.45, 2.75) is 19.1 Å². The van der Waals surface area contributed by atoms with Gasteiger partial charge in [-0.2, -0.15) is 0 Å². The number of carbonyl (C=O) groups is 2. The first-order valence-corrected chi connectivity index (χ1v) is 9.70. The maximum absolute atomic E-state index is 12.1. The van der Waals surface area contributed by atoms with E-state index in [0.717, 1.165) is 5.56 Å². The second kappa shape index (κ2) is 8.90. The van der Waals surface area contributed by atoms with Gasteiger partial charge in [-0.15, -0.1) is 0 Å². The van der Waals surface area contributed by atoms with Crippen molar-refractivity contribution in [1.82, 2.24) is 20.2 Å². The van der Waals surface area contributed by atoms with Gasteiger partial charge in [0.1, 0.15) is 22.1 Å². The molecule has 1 saturated heterocycles. The van der Waals surface area contributed by atoms with E-state index in [1.54, 1.807) is 23.1 Å². The highest BCUT2D eigenvalue weighted by Gasteiger charge is 2.29. The normalized spacial score (nSPS) is 19.0. The van der Waals surface area contributed by atoms with Gasteiger partial charge in [-0.25, -0.2) is 9.97 Å². The number of aromatic nitrogens is 2. The standard InChI is InChI=1S/C20H20Cl2N4O3/c1-4-19(27)26-9-11(2)29-16(10-26)13-6-14(24-18(22)8-13)12-5-15(20(28)23-3)25-17(21)7-12/h4-8,11,16H,1,9-10H2,2-3H3,(H,23,28)/t11-,16?/m0/s1. The van der Waals surface area contributed by atoms with E-state index >= 15 is 0 Å². The van der Waals surface area contributed by atoms with Gasteiger partial charge in [-0.1, -0.05) is 29.8 Å². The van der Waals surface area contributed by atoms with E-state index in [1.807, 2.05) is 13.0 Å². The fourth-order valence-electron chi connectivity index (χ4n) is 3.18. The van der Waals surface area contributed by atoms with Gasteiger partial charge in [-0.05, 0) is 42.8 Å². The van der Waals surface area contributed by atoms with Gasteiger partial charge in [0.15, 0.2) is 0 Å². The molecule has 152 valence electrons. The van der Waals surface area contributed by atoms with E-state index in [1.165, 1.54) is 13.1 Å². The van der Waals surface area contributed by atoms with Crippen LogP contribution in [-0.2, 0) is 9.53 Å². The van der Waals surface area contributed by atoms with Crippen LogP contribution in [0.2, 0.25) is 10.3 Å². The van der Waals surface area contributed by atoms with Crippen LogP contribution in [0.1, 0.15) is 29.1 Å². The van der Waals surface area contributed by atoms with Gasteiger partial charge in [0.2, 0.25) is 5.91 Å². The molecule has 0 spiro atoms. The summed E-state index contributed by atoms with van der Waals surface area (Å²) in [5, 5.41) is 2.94. The Morgan fingerprint density at radius 3 is 2.62 bits per heavy atom. The lowest BCUT2D eigenvalue weighted by Gasteiger charge is -2.36. The number of halogens is 2. The third-order valence-corrected chi connectivity index (χ3v) is 4.87. The average molecular weight is 435 g/mol. The van der Waals surface area contributed by atoms with Crippen molar-refractivity contribution in [3.63, 3.8) is 0 Å². The number of pyridine rings is 2. The highest BCUT2D eigenvalue weighted by atomic mass is 35.5. The number of nitrogens with one attached hydrogen (secondary N) is 1. The van der Waals surface area contributed by atoms with Crippen LogP contribution in [0, 0.1) is 0 Å². The molecule has 2 aromatic heterocycles. The first-order valence-electron chi connectivity index (χ1n) is 8.95. The molecule has 1 N–H and O–H groups in total. The lowest BCUT2D eigenvalue weighted by atomic mass is 10.0. The summed E-state index contributed by atoms with van der Waals surface area (Å²) in [4.78, 5) is 34.1. The Bertz CT molecular complexity index is 967. The van der Waals surface area contributed by atoms with Crippen LogP contribution in [0.4, 0.5) is 0 Å². The van der Waals surface area contributed by atoms with Crippen LogP contribution in [0.3, 0.4) is 0 Å². The van der Waals surface area contributed by atoms with Crippen LogP contribution in [0.5, 0.6) is 0 Å². The van der Waals surface area contributed by atoms with Crippen LogP contribution in [0.15, 0.2) is 36.9 Å². The lowest BCUT2D eigenvalue weighted by Crippen LogP contribution is -2.45. The smallest absolute Gasteiger partial charge is 0.269 e. The molecule has 0 bridgehead atoms.